The topological polar surface area (TPSA) is 41.1 Å². The highest BCUT2D eigenvalue weighted by atomic mass is 16.1. The molecule has 2 aliphatic rings. The number of carbonyl (C=O) groups excluding carboxylic acids is 1. The lowest BCUT2D eigenvalue weighted by molar-refractivity contribution is 0.0936. The Hall–Kier alpha value is -1.51. The van der Waals surface area contributed by atoms with Crippen molar-refractivity contribution < 1.29 is 4.79 Å². The van der Waals surface area contributed by atoms with Gasteiger partial charge in [0.25, 0.3) is 5.91 Å². The molecule has 1 aromatic rings. The maximum Gasteiger partial charge on any atom is 0.253 e. The quantitative estimate of drug-likeness (QED) is 0.867. The van der Waals surface area contributed by atoms with Gasteiger partial charge in [0, 0.05) is 12.6 Å². The van der Waals surface area contributed by atoms with Gasteiger partial charge in [-0.25, -0.2) is 0 Å². The summed E-state index contributed by atoms with van der Waals surface area (Å²) in [4.78, 5) is 12.5. The molecule has 3 nitrogen and oxygen atoms in total. The Morgan fingerprint density at radius 1 is 1.40 bits per heavy atom. The Balaban J connectivity index is 1.75. The third-order valence-corrected chi connectivity index (χ3v) is 4.62. The number of hydrogen-bond acceptors (Lipinski definition) is 2. The van der Waals surface area contributed by atoms with Crippen LogP contribution in [0.4, 0.5) is 5.69 Å². The van der Waals surface area contributed by atoms with Crippen LogP contribution in [0.2, 0.25) is 0 Å². The minimum absolute atomic E-state index is 0.0824. The molecule has 0 radical (unpaired) electrons. The summed E-state index contributed by atoms with van der Waals surface area (Å²) in [6.07, 6.45) is 5.60. The molecular formula is C17H24N2O. The maximum absolute atomic E-state index is 12.5. The molecular weight excluding hydrogens is 248 g/mol. The van der Waals surface area contributed by atoms with Gasteiger partial charge < -0.3 is 10.6 Å². The van der Waals surface area contributed by atoms with Crippen molar-refractivity contribution in [3.8, 4) is 0 Å². The number of carbonyl (C=O) groups is 1. The second kappa shape index (κ2) is 5.12. The van der Waals surface area contributed by atoms with Gasteiger partial charge in [0.15, 0.2) is 0 Å². The molecule has 1 atom stereocenters. The van der Waals surface area contributed by atoms with Crippen LogP contribution >= 0.6 is 0 Å². The number of anilines is 1. The fourth-order valence-corrected chi connectivity index (χ4v) is 3.52. The summed E-state index contributed by atoms with van der Waals surface area (Å²) in [5, 5.41) is 6.61. The largest absolute Gasteiger partial charge is 0.384 e. The molecule has 1 unspecified atom stereocenters. The normalized spacial score (nSPS) is 23.8. The van der Waals surface area contributed by atoms with Crippen LogP contribution in [0, 0.1) is 5.41 Å². The molecule has 3 rings (SSSR count). The van der Waals surface area contributed by atoms with E-state index in [2.05, 4.69) is 30.5 Å². The highest BCUT2D eigenvalue weighted by Crippen LogP contribution is 2.37. The average Bonchev–Trinajstić information content (AvgIpc) is 2.77. The van der Waals surface area contributed by atoms with Crippen molar-refractivity contribution in [2.75, 3.05) is 11.9 Å². The van der Waals surface area contributed by atoms with Crippen LogP contribution in [0.5, 0.6) is 0 Å². The monoisotopic (exact) mass is 272 g/mol. The Bertz CT molecular complexity index is 522. The van der Waals surface area contributed by atoms with E-state index in [1.807, 2.05) is 12.1 Å². The zero-order valence-corrected chi connectivity index (χ0v) is 12.5. The number of para-hydroxylation sites is 1. The van der Waals surface area contributed by atoms with Gasteiger partial charge in [-0.05, 0) is 49.1 Å². The van der Waals surface area contributed by atoms with E-state index in [4.69, 9.17) is 0 Å². The number of aryl methyl sites for hydroxylation is 1. The molecule has 1 aromatic carbocycles. The number of amides is 1. The van der Waals surface area contributed by atoms with Crippen molar-refractivity contribution in [2.45, 2.75) is 52.0 Å². The average molecular weight is 272 g/mol. The first-order valence-electron chi connectivity index (χ1n) is 7.72. The zero-order valence-electron chi connectivity index (χ0n) is 12.5. The standard InChI is InChI=1S/C17H24N2O/c1-17(2)9-8-13(11-17)19-16(20)14-7-3-5-12-6-4-10-18-15(12)14/h3,5,7,13,18H,4,6,8-11H2,1-2H3,(H,19,20). The smallest absolute Gasteiger partial charge is 0.253 e. The number of rotatable bonds is 2. The fraction of sp³-hybridized carbons (Fsp3) is 0.588. The summed E-state index contributed by atoms with van der Waals surface area (Å²) in [6.45, 7) is 5.53. The molecule has 3 heteroatoms. The Kier molecular flexibility index (Phi) is 3.45. The van der Waals surface area contributed by atoms with Crippen LogP contribution in [0.3, 0.4) is 0 Å². The van der Waals surface area contributed by atoms with E-state index in [0.29, 0.717) is 11.5 Å². The predicted molar refractivity (Wildman–Crippen MR) is 82.1 cm³/mol. The van der Waals surface area contributed by atoms with Crippen LogP contribution in [-0.4, -0.2) is 18.5 Å². The highest BCUT2D eigenvalue weighted by Gasteiger charge is 2.32. The zero-order chi connectivity index (χ0) is 14.2. The molecule has 1 aliphatic heterocycles. The lowest BCUT2D eigenvalue weighted by Crippen LogP contribution is -2.34. The molecule has 1 amide bonds. The van der Waals surface area contributed by atoms with E-state index in [-0.39, 0.29) is 5.91 Å². The molecule has 1 heterocycles. The molecule has 0 saturated heterocycles. The minimum atomic E-state index is 0.0824. The molecule has 0 spiro atoms. The molecule has 0 aromatic heterocycles. The molecule has 0 bridgehead atoms. The number of benzene rings is 1. The van der Waals surface area contributed by atoms with Gasteiger partial charge in [-0.2, -0.15) is 0 Å². The summed E-state index contributed by atoms with van der Waals surface area (Å²) in [5.74, 6) is 0.0824. The van der Waals surface area contributed by atoms with E-state index in [9.17, 15) is 4.79 Å². The van der Waals surface area contributed by atoms with Crippen molar-refractivity contribution in [2.24, 2.45) is 5.41 Å². The number of nitrogens with one attached hydrogen (secondary N) is 2. The number of fused-ring (bicyclic) bond motifs is 1. The summed E-state index contributed by atoms with van der Waals surface area (Å²) < 4.78 is 0. The van der Waals surface area contributed by atoms with Gasteiger partial charge in [-0.1, -0.05) is 26.0 Å². The van der Waals surface area contributed by atoms with Gasteiger partial charge in [-0.3, -0.25) is 4.79 Å². The summed E-state index contributed by atoms with van der Waals surface area (Å²) in [7, 11) is 0. The molecule has 1 fully saturated rings. The fourth-order valence-electron chi connectivity index (χ4n) is 3.52. The predicted octanol–water partition coefficient (Wildman–Crippen LogP) is 3.35. The lowest BCUT2D eigenvalue weighted by Gasteiger charge is -2.22. The van der Waals surface area contributed by atoms with Gasteiger partial charge in [0.2, 0.25) is 0 Å². The molecule has 2 N–H and O–H groups in total. The lowest BCUT2D eigenvalue weighted by atomic mass is 9.92. The van der Waals surface area contributed by atoms with E-state index in [1.54, 1.807) is 0 Å². The van der Waals surface area contributed by atoms with Crippen molar-refractivity contribution in [3.05, 3.63) is 29.3 Å². The second-order valence-electron chi connectivity index (χ2n) is 6.95. The van der Waals surface area contributed by atoms with Crippen molar-refractivity contribution in [1.29, 1.82) is 0 Å². The summed E-state index contributed by atoms with van der Waals surface area (Å²) >= 11 is 0. The first kappa shape index (κ1) is 13.5. The van der Waals surface area contributed by atoms with Crippen molar-refractivity contribution in [1.82, 2.24) is 5.32 Å². The van der Waals surface area contributed by atoms with Crippen LogP contribution in [0.15, 0.2) is 18.2 Å². The first-order chi connectivity index (χ1) is 9.55. The van der Waals surface area contributed by atoms with Gasteiger partial charge in [-0.15, -0.1) is 0 Å². The van der Waals surface area contributed by atoms with Gasteiger partial charge in [0.05, 0.1) is 11.3 Å². The summed E-state index contributed by atoms with van der Waals surface area (Å²) in [6, 6.07) is 6.39. The van der Waals surface area contributed by atoms with Gasteiger partial charge >= 0.3 is 0 Å². The van der Waals surface area contributed by atoms with E-state index in [1.165, 1.54) is 12.0 Å². The second-order valence-corrected chi connectivity index (χ2v) is 6.95. The SMILES string of the molecule is CC1(C)CCC(NC(=O)c2cccc3c2NCCC3)C1. The van der Waals surface area contributed by atoms with Gasteiger partial charge in [0.1, 0.15) is 0 Å². The molecule has 1 aliphatic carbocycles. The molecule has 1 saturated carbocycles. The Morgan fingerprint density at radius 3 is 3.00 bits per heavy atom. The molecule has 20 heavy (non-hydrogen) atoms. The van der Waals surface area contributed by atoms with E-state index < -0.39 is 0 Å². The van der Waals surface area contributed by atoms with E-state index >= 15 is 0 Å². The van der Waals surface area contributed by atoms with Crippen LogP contribution < -0.4 is 10.6 Å². The van der Waals surface area contributed by atoms with Crippen LogP contribution in [0.1, 0.15) is 55.5 Å². The van der Waals surface area contributed by atoms with Crippen molar-refractivity contribution >= 4 is 11.6 Å². The highest BCUT2D eigenvalue weighted by molar-refractivity contribution is 6.00. The maximum atomic E-state index is 12.5. The van der Waals surface area contributed by atoms with Crippen LogP contribution in [0.25, 0.3) is 0 Å². The third kappa shape index (κ3) is 2.67. The van der Waals surface area contributed by atoms with E-state index in [0.717, 1.165) is 43.5 Å². The number of hydrogen-bond donors (Lipinski definition) is 2. The Labute approximate surface area is 121 Å². The molecule has 108 valence electrons. The first-order valence-corrected chi connectivity index (χ1v) is 7.72. The minimum Gasteiger partial charge on any atom is -0.384 e. The van der Waals surface area contributed by atoms with Crippen molar-refractivity contribution in [3.63, 3.8) is 0 Å². The summed E-state index contributed by atoms with van der Waals surface area (Å²) in [5.41, 5.74) is 3.50. The third-order valence-electron chi connectivity index (χ3n) is 4.62. The van der Waals surface area contributed by atoms with Crippen LogP contribution in [-0.2, 0) is 6.42 Å². The Morgan fingerprint density at radius 2 is 2.25 bits per heavy atom.